The number of nitrogens with two attached hydrogens (primary N) is 1. The Morgan fingerprint density at radius 1 is 1.38 bits per heavy atom. The lowest BCUT2D eigenvalue weighted by atomic mass is 10.0. The predicted molar refractivity (Wildman–Crippen MR) is 58.4 cm³/mol. The van der Waals surface area contributed by atoms with Crippen molar-refractivity contribution in [3.8, 4) is 11.5 Å². The summed E-state index contributed by atoms with van der Waals surface area (Å²) in [5.74, 6) is 0.774. The Balaban J connectivity index is 3.25. The van der Waals surface area contributed by atoms with Crippen LogP contribution in [0.5, 0.6) is 11.5 Å². The third kappa shape index (κ3) is 2.43. The predicted octanol–water partition coefficient (Wildman–Crippen LogP) is 1.17. The number of halogens is 1. The molecule has 0 spiro atoms. The molecule has 1 rings (SSSR count). The maximum absolute atomic E-state index is 12.8. The molecule has 5 heteroatoms. The van der Waals surface area contributed by atoms with Gasteiger partial charge in [0.1, 0.15) is 6.67 Å². The number of hydrogen-bond donors (Lipinski definition) is 2. The van der Waals surface area contributed by atoms with Crippen LogP contribution in [0, 0.1) is 0 Å². The fraction of sp³-hybridized carbons (Fsp3) is 0.455. The summed E-state index contributed by atoms with van der Waals surface area (Å²) >= 11 is 0. The first kappa shape index (κ1) is 12.7. The minimum absolute atomic E-state index is 0.207. The van der Waals surface area contributed by atoms with Crippen LogP contribution in [0.4, 0.5) is 4.39 Å². The van der Waals surface area contributed by atoms with E-state index in [1.165, 1.54) is 14.2 Å². The van der Waals surface area contributed by atoms with Gasteiger partial charge in [-0.05, 0) is 17.7 Å². The highest BCUT2D eigenvalue weighted by molar-refractivity contribution is 5.50. The zero-order valence-corrected chi connectivity index (χ0v) is 9.37. The molecule has 4 nitrogen and oxygen atoms in total. The van der Waals surface area contributed by atoms with Gasteiger partial charge >= 0.3 is 0 Å². The van der Waals surface area contributed by atoms with E-state index in [-0.39, 0.29) is 6.61 Å². The lowest BCUT2D eigenvalue weighted by molar-refractivity contribution is 0.267. The highest BCUT2D eigenvalue weighted by Crippen LogP contribution is 2.34. The van der Waals surface area contributed by atoms with E-state index in [9.17, 15) is 4.39 Å². The first-order valence-electron chi connectivity index (χ1n) is 4.85. The molecule has 1 unspecified atom stereocenters. The number of ether oxygens (including phenoxy) is 2. The van der Waals surface area contributed by atoms with Crippen LogP contribution in [0.3, 0.4) is 0 Å². The average molecular weight is 229 g/mol. The van der Waals surface area contributed by atoms with Crippen LogP contribution < -0.4 is 15.2 Å². The molecule has 0 saturated carbocycles. The first-order valence-corrected chi connectivity index (χ1v) is 4.85. The normalized spacial score (nSPS) is 12.3. The molecular weight excluding hydrogens is 213 g/mol. The Bertz CT molecular complexity index is 332. The van der Waals surface area contributed by atoms with Crippen LogP contribution in [0.2, 0.25) is 0 Å². The van der Waals surface area contributed by atoms with Crippen LogP contribution in [0.15, 0.2) is 12.1 Å². The number of aliphatic hydroxyl groups is 1. The van der Waals surface area contributed by atoms with E-state index in [0.717, 1.165) is 0 Å². The third-order valence-corrected chi connectivity index (χ3v) is 2.35. The number of rotatable bonds is 5. The number of aliphatic hydroxyl groups excluding tert-OH is 1. The van der Waals surface area contributed by atoms with Gasteiger partial charge in [0, 0.05) is 5.56 Å². The monoisotopic (exact) mass is 229 g/mol. The summed E-state index contributed by atoms with van der Waals surface area (Å²) in [6.07, 6.45) is 0. The quantitative estimate of drug-likeness (QED) is 0.795. The second-order valence-electron chi connectivity index (χ2n) is 3.34. The Morgan fingerprint density at radius 3 is 2.50 bits per heavy atom. The number of hydrogen-bond acceptors (Lipinski definition) is 4. The van der Waals surface area contributed by atoms with Gasteiger partial charge in [0.15, 0.2) is 11.5 Å². The maximum Gasteiger partial charge on any atom is 0.166 e. The zero-order valence-electron chi connectivity index (χ0n) is 9.37. The summed E-state index contributed by atoms with van der Waals surface area (Å²) < 4.78 is 22.9. The molecular formula is C11H16FNO3. The highest BCUT2D eigenvalue weighted by Gasteiger charge is 2.15. The highest BCUT2D eigenvalue weighted by atomic mass is 19.1. The molecule has 0 aliphatic heterocycles. The summed E-state index contributed by atoms with van der Waals surface area (Å²) in [7, 11) is 2.91. The molecule has 3 N–H and O–H groups in total. The van der Waals surface area contributed by atoms with Gasteiger partial charge in [-0.2, -0.15) is 0 Å². The lowest BCUT2D eigenvalue weighted by Gasteiger charge is -2.16. The molecule has 0 fully saturated rings. The van der Waals surface area contributed by atoms with Crippen molar-refractivity contribution in [3.05, 3.63) is 23.3 Å². The fourth-order valence-corrected chi connectivity index (χ4v) is 1.49. The van der Waals surface area contributed by atoms with E-state index in [1.807, 2.05) is 0 Å². The van der Waals surface area contributed by atoms with Crippen molar-refractivity contribution in [2.24, 2.45) is 5.73 Å². The molecule has 0 aromatic heterocycles. The molecule has 0 aliphatic carbocycles. The van der Waals surface area contributed by atoms with Crippen molar-refractivity contribution >= 4 is 0 Å². The van der Waals surface area contributed by atoms with Gasteiger partial charge in [-0.15, -0.1) is 0 Å². The van der Waals surface area contributed by atoms with Crippen molar-refractivity contribution in [2.45, 2.75) is 12.7 Å². The molecule has 0 radical (unpaired) electrons. The van der Waals surface area contributed by atoms with Gasteiger partial charge in [0.25, 0.3) is 0 Å². The average Bonchev–Trinajstić information content (AvgIpc) is 2.35. The van der Waals surface area contributed by atoms with E-state index in [1.54, 1.807) is 12.1 Å². The molecule has 1 atom stereocenters. The minimum atomic E-state index is -0.675. The van der Waals surface area contributed by atoms with E-state index in [0.29, 0.717) is 22.6 Å². The topological polar surface area (TPSA) is 64.7 Å². The summed E-state index contributed by atoms with van der Waals surface area (Å²) in [5.41, 5.74) is 6.64. The second-order valence-corrected chi connectivity index (χ2v) is 3.34. The van der Waals surface area contributed by atoms with Crippen LogP contribution in [-0.2, 0) is 6.67 Å². The van der Waals surface area contributed by atoms with Crippen LogP contribution >= 0.6 is 0 Å². The molecule has 0 amide bonds. The second kappa shape index (κ2) is 5.67. The van der Waals surface area contributed by atoms with Crippen molar-refractivity contribution in [1.29, 1.82) is 0 Å². The molecule has 1 aromatic carbocycles. The van der Waals surface area contributed by atoms with Gasteiger partial charge in [0.2, 0.25) is 0 Å². The number of benzene rings is 1. The molecule has 0 bridgehead atoms. The summed E-state index contributed by atoms with van der Waals surface area (Å²) in [4.78, 5) is 0. The Labute approximate surface area is 93.8 Å². The molecule has 16 heavy (non-hydrogen) atoms. The van der Waals surface area contributed by atoms with Crippen molar-refractivity contribution in [3.63, 3.8) is 0 Å². The van der Waals surface area contributed by atoms with Gasteiger partial charge in [-0.3, -0.25) is 0 Å². The zero-order chi connectivity index (χ0) is 12.1. The van der Waals surface area contributed by atoms with E-state index < -0.39 is 12.7 Å². The summed E-state index contributed by atoms with van der Waals surface area (Å²) in [6.45, 7) is -0.882. The Kier molecular flexibility index (Phi) is 4.52. The molecule has 1 aromatic rings. The summed E-state index contributed by atoms with van der Waals surface area (Å²) in [5, 5.41) is 8.95. The van der Waals surface area contributed by atoms with Crippen LogP contribution in [-0.4, -0.2) is 25.9 Å². The third-order valence-electron chi connectivity index (χ3n) is 2.35. The van der Waals surface area contributed by atoms with Gasteiger partial charge in [-0.25, -0.2) is 4.39 Å². The van der Waals surface area contributed by atoms with E-state index in [4.69, 9.17) is 20.3 Å². The van der Waals surface area contributed by atoms with E-state index >= 15 is 0 Å². The van der Waals surface area contributed by atoms with Gasteiger partial charge in [-0.1, -0.05) is 0 Å². The van der Waals surface area contributed by atoms with Crippen molar-refractivity contribution in [1.82, 2.24) is 0 Å². The molecule has 90 valence electrons. The SMILES string of the molecule is COc1cc(C(N)CO)cc(CF)c1OC. The Hall–Kier alpha value is -1.33. The van der Waals surface area contributed by atoms with Crippen LogP contribution in [0.25, 0.3) is 0 Å². The minimum Gasteiger partial charge on any atom is -0.493 e. The lowest BCUT2D eigenvalue weighted by Crippen LogP contribution is -2.15. The molecule has 0 heterocycles. The van der Waals surface area contributed by atoms with Crippen LogP contribution in [0.1, 0.15) is 17.2 Å². The first-order chi connectivity index (χ1) is 7.67. The smallest absolute Gasteiger partial charge is 0.166 e. The van der Waals surface area contributed by atoms with Crippen molar-refractivity contribution in [2.75, 3.05) is 20.8 Å². The number of alkyl halides is 1. The molecule has 0 saturated heterocycles. The molecule has 0 aliphatic rings. The Morgan fingerprint density at radius 2 is 2.06 bits per heavy atom. The van der Waals surface area contributed by atoms with E-state index in [2.05, 4.69) is 0 Å². The van der Waals surface area contributed by atoms with Gasteiger partial charge < -0.3 is 20.3 Å². The standard InChI is InChI=1S/C11H16FNO3/c1-15-10-4-7(9(13)6-14)3-8(5-12)11(10)16-2/h3-4,9,14H,5-6,13H2,1-2H3. The largest absolute Gasteiger partial charge is 0.493 e. The fourth-order valence-electron chi connectivity index (χ4n) is 1.49. The maximum atomic E-state index is 12.8. The number of methoxy groups -OCH3 is 2. The van der Waals surface area contributed by atoms with Gasteiger partial charge in [0.05, 0.1) is 26.9 Å². The summed E-state index contributed by atoms with van der Waals surface area (Å²) in [6, 6.07) is 2.66. The van der Waals surface area contributed by atoms with Crippen molar-refractivity contribution < 1.29 is 19.0 Å².